The number of hydrogen-bond acceptors (Lipinski definition) is 7. The lowest BCUT2D eigenvalue weighted by atomic mass is 10.1. The molecule has 0 aromatic heterocycles. The molecule has 0 unspecified atom stereocenters. The number of rotatable bonds is 9. The van der Waals surface area contributed by atoms with Crippen LogP contribution in [0.1, 0.15) is 42.2 Å². The van der Waals surface area contributed by atoms with Crippen molar-refractivity contribution >= 4 is 30.0 Å². The zero-order valence-electron chi connectivity index (χ0n) is 21.5. The molecule has 2 N–H and O–H groups in total. The van der Waals surface area contributed by atoms with Crippen LogP contribution in [0.5, 0.6) is 11.5 Å². The normalized spacial score (nSPS) is 10.5. The largest absolute Gasteiger partial charge is 0.423 e. The molecule has 0 saturated heterocycles. The van der Waals surface area contributed by atoms with Gasteiger partial charge in [0.05, 0.1) is 23.9 Å². The van der Waals surface area contributed by atoms with E-state index in [4.69, 9.17) is 9.47 Å². The van der Waals surface area contributed by atoms with E-state index in [0.29, 0.717) is 22.3 Å². The first-order valence-corrected chi connectivity index (χ1v) is 12.2. The molecule has 0 heterocycles. The van der Waals surface area contributed by atoms with Crippen molar-refractivity contribution in [2.45, 2.75) is 6.92 Å². The molecular weight excluding hydrogens is 510 g/mol. The summed E-state index contributed by atoms with van der Waals surface area (Å²) in [6.07, 6.45) is 1.28. The molecule has 4 aromatic carbocycles. The van der Waals surface area contributed by atoms with Gasteiger partial charge >= 0.3 is 11.9 Å². The van der Waals surface area contributed by atoms with Crippen LogP contribution < -0.4 is 20.2 Å². The average Bonchev–Trinajstić information content (AvgIpc) is 2.98. The van der Waals surface area contributed by atoms with Crippen LogP contribution in [0.2, 0.25) is 0 Å². The first-order chi connectivity index (χ1) is 19.4. The minimum Gasteiger partial charge on any atom is -0.423 e. The monoisotopic (exact) mass is 535 g/mol. The Hall–Kier alpha value is -5.57. The summed E-state index contributed by atoms with van der Waals surface area (Å²) in [4.78, 5) is 49.7. The Morgan fingerprint density at radius 1 is 0.750 bits per heavy atom. The predicted octanol–water partition coefficient (Wildman–Crippen LogP) is 4.31. The van der Waals surface area contributed by atoms with Gasteiger partial charge in [0.1, 0.15) is 11.5 Å². The van der Waals surface area contributed by atoms with Gasteiger partial charge in [-0.15, -0.1) is 0 Å². The Kier molecular flexibility index (Phi) is 9.13. The Bertz CT molecular complexity index is 1550. The van der Waals surface area contributed by atoms with Crippen molar-refractivity contribution in [3.05, 3.63) is 131 Å². The molecule has 0 spiro atoms. The fourth-order valence-electron chi connectivity index (χ4n) is 3.54. The van der Waals surface area contributed by atoms with E-state index in [0.717, 1.165) is 5.56 Å². The number of carbonyl (C=O) groups is 4. The van der Waals surface area contributed by atoms with Crippen LogP contribution >= 0.6 is 0 Å². The first-order valence-electron chi connectivity index (χ1n) is 12.2. The zero-order valence-corrected chi connectivity index (χ0v) is 21.5. The number of amides is 2. The molecule has 0 aliphatic rings. The fourth-order valence-corrected chi connectivity index (χ4v) is 3.54. The molecule has 200 valence electrons. The van der Waals surface area contributed by atoms with Crippen LogP contribution in [0.25, 0.3) is 0 Å². The van der Waals surface area contributed by atoms with Gasteiger partial charge in [0.15, 0.2) is 0 Å². The smallest absolute Gasteiger partial charge is 0.343 e. The summed E-state index contributed by atoms with van der Waals surface area (Å²) >= 11 is 0. The Labute approximate surface area is 230 Å². The molecule has 0 radical (unpaired) electrons. The summed E-state index contributed by atoms with van der Waals surface area (Å²) in [7, 11) is 0. The van der Waals surface area contributed by atoms with E-state index in [9.17, 15) is 19.2 Å². The minimum absolute atomic E-state index is 0.0538. The van der Waals surface area contributed by atoms with Gasteiger partial charge in [0, 0.05) is 17.2 Å². The highest BCUT2D eigenvalue weighted by atomic mass is 16.5. The van der Waals surface area contributed by atoms with E-state index in [2.05, 4.69) is 15.8 Å². The van der Waals surface area contributed by atoms with E-state index in [1.807, 2.05) is 6.07 Å². The van der Waals surface area contributed by atoms with Crippen LogP contribution in [-0.4, -0.2) is 36.5 Å². The maximum Gasteiger partial charge on any atom is 0.343 e. The number of nitrogens with one attached hydrogen (secondary N) is 2. The molecule has 2 amide bonds. The maximum absolute atomic E-state index is 12.7. The Balaban J connectivity index is 1.45. The van der Waals surface area contributed by atoms with Crippen molar-refractivity contribution in [3.63, 3.8) is 0 Å². The molecule has 9 nitrogen and oxygen atoms in total. The third-order valence-electron chi connectivity index (χ3n) is 5.61. The lowest BCUT2D eigenvalue weighted by Gasteiger charge is -2.11. The number of esters is 2. The molecule has 4 rings (SSSR count). The van der Waals surface area contributed by atoms with Crippen molar-refractivity contribution in [3.8, 4) is 11.5 Å². The molecular formula is C31H25N3O6. The molecule has 0 aliphatic carbocycles. The Morgan fingerprint density at radius 3 is 2.00 bits per heavy atom. The van der Waals surface area contributed by atoms with Crippen molar-refractivity contribution in [2.24, 2.45) is 5.10 Å². The molecule has 4 aromatic rings. The third kappa shape index (κ3) is 7.48. The summed E-state index contributed by atoms with van der Waals surface area (Å²) < 4.78 is 11.0. The van der Waals surface area contributed by atoms with Gasteiger partial charge in [0.2, 0.25) is 0 Å². The molecule has 0 fully saturated rings. The lowest BCUT2D eigenvalue weighted by Crippen LogP contribution is -2.35. The van der Waals surface area contributed by atoms with Gasteiger partial charge in [0.25, 0.3) is 11.8 Å². The van der Waals surface area contributed by atoms with E-state index in [1.54, 1.807) is 85.8 Å². The van der Waals surface area contributed by atoms with Gasteiger partial charge in [-0.1, -0.05) is 54.6 Å². The van der Waals surface area contributed by atoms with Gasteiger partial charge in [-0.2, -0.15) is 5.10 Å². The van der Waals surface area contributed by atoms with Crippen molar-refractivity contribution in [1.29, 1.82) is 0 Å². The van der Waals surface area contributed by atoms with E-state index in [1.165, 1.54) is 24.4 Å². The van der Waals surface area contributed by atoms with E-state index < -0.39 is 17.8 Å². The number of benzene rings is 4. The summed E-state index contributed by atoms with van der Waals surface area (Å²) in [5.41, 5.74) is 4.57. The number of aryl methyl sites for hydroxylation is 1. The predicted molar refractivity (Wildman–Crippen MR) is 148 cm³/mol. The molecule has 9 heteroatoms. The SMILES string of the molecule is Cc1ccccc1C(=O)NCC(=O)N/N=C/c1ccc(OC(=O)c2ccccc2)cc1OC(=O)c1ccccc1. The van der Waals surface area contributed by atoms with Gasteiger partial charge in [-0.05, 0) is 55.0 Å². The second-order valence-corrected chi connectivity index (χ2v) is 8.50. The molecule has 0 bridgehead atoms. The second kappa shape index (κ2) is 13.3. The highest BCUT2D eigenvalue weighted by molar-refractivity contribution is 5.98. The van der Waals surface area contributed by atoms with Gasteiger partial charge < -0.3 is 14.8 Å². The molecule has 0 saturated carbocycles. The number of hydrazone groups is 1. The van der Waals surface area contributed by atoms with E-state index >= 15 is 0 Å². The second-order valence-electron chi connectivity index (χ2n) is 8.50. The molecule has 0 atom stereocenters. The van der Waals surface area contributed by atoms with Crippen molar-refractivity contribution < 1.29 is 28.7 Å². The summed E-state index contributed by atoms with van der Waals surface area (Å²) in [6.45, 7) is 1.50. The summed E-state index contributed by atoms with van der Waals surface area (Å²) in [5, 5.41) is 6.45. The zero-order chi connectivity index (χ0) is 28.3. The molecule has 40 heavy (non-hydrogen) atoms. The lowest BCUT2D eigenvalue weighted by molar-refractivity contribution is -0.120. The molecule has 0 aliphatic heterocycles. The van der Waals surface area contributed by atoms with Crippen LogP contribution in [0, 0.1) is 6.92 Å². The number of nitrogens with zero attached hydrogens (tertiary/aromatic N) is 1. The van der Waals surface area contributed by atoms with Crippen LogP contribution in [0.15, 0.2) is 108 Å². The summed E-state index contributed by atoms with van der Waals surface area (Å²) in [6, 6.07) is 28.2. The maximum atomic E-state index is 12.7. The third-order valence-corrected chi connectivity index (χ3v) is 5.61. The van der Waals surface area contributed by atoms with Crippen molar-refractivity contribution in [2.75, 3.05) is 6.54 Å². The number of ether oxygens (including phenoxy) is 2. The van der Waals surface area contributed by atoms with Crippen LogP contribution in [0.3, 0.4) is 0 Å². The van der Waals surface area contributed by atoms with Gasteiger partial charge in [-0.3, -0.25) is 9.59 Å². The van der Waals surface area contributed by atoms with E-state index in [-0.39, 0.29) is 24.0 Å². The van der Waals surface area contributed by atoms with Crippen LogP contribution in [0.4, 0.5) is 0 Å². The highest BCUT2D eigenvalue weighted by Gasteiger charge is 2.15. The summed E-state index contributed by atoms with van der Waals surface area (Å²) in [5.74, 6) is -1.96. The first kappa shape index (κ1) is 27.5. The highest BCUT2D eigenvalue weighted by Crippen LogP contribution is 2.26. The Morgan fingerprint density at radius 2 is 1.35 bits per heavy atom. The van der Waals surface area contributed by atoms with Gasteiger partial charge in [-0.25, -0.2) is 15.0 Å². The topological polar surface area (TPSA) is 123 Å². The van der Waals surface area contributed by atoms with Crippen molar-refractivity contribution in [1.82, 2.24) is 10.7 Å². The average molecular weight is 536 g/mol. The fraction of sp³-hybridized carbons (Fsp3) is 0.0645. The minimum atomic E-state index is -0.635. The number of hydrogen-bond donors (Lipinski definition) is 2. The standard InChI is InChI=1S/C31H25N3O6/c1-21-10-8-9-15-26(21)29(36)32-20-28(35)34-33-19-24-16-17-25(39-30(37)22-11-4-2-5-12-22)18-27(24)40-31(38)23-13-6-3-7-14-23/h2-19H,20H2,1H3,(H,32,36)(H,34,35)/b33-19+. The number of carbonyl (C=O) groups excluding carboxylic acids is 4. The quantitative estimate of drug-likeness (QED) is 0.142. The van der Waals surface area contributed by atoms with Crippen LogP contribution in [-0.2, 0) is 4.79 Å².